The molecule has 0 radical (unpaired) electrons. The highest BCUT2D eigenvalue weighted by Crippen LogP contribution is 2.49. The number of hydrogen-bond acceptors (Lipinski definition) is 4. The Bertz CT molecular complexity index is 933. The van der Waals surface area contributed by atoms with E-state index in [9.17, 15) is 5.11 Å². The van der Waals surface area contributed by atoms with Crippen molar-refractivity contribution in [1.29, 1.82) is 0 Å². The maximum atomic E-state index is 11.0. The first-order valence-electron chi connectivity index (χ1n) is 8.28. The van der Waals surface area contributed by atoms with Crippen LogP contribution in [0.4, 0.5) is 5.82 Å². The molecule has 0 bridgehead atoms. The molecule has 0 amide bonds. The highest BCUT2D eigenvalue weighted by atomic mass is 16.3. The number of nitrogens with zero attached hydrogens (tertiary/aromatic N) is 3. The summed E-state index contributed by atoms with van der Waals surface area (Å²) in [5.74, 6) is 0.613. The number of aryl methyl sites for hydroxylation is 1. The lowest BCUT2D eigenvalue weighted by Crippen LogP contribution is -2.29. The fraction of sp³-hybridized carbons (Fsp3) is 0.263. The molecule has 120 valence electrons. The van der Waals surface area contributed by atoms with Gasteiger partial charge in [0.25, 0.3) is 0 Å². The molecule has 2 aliphatic rings. The number of imidazole rings is 1. The van der Waals surface area contributed by atoms with Crippen molar-refractivity contribution in [2.45, 2.75) is 25.0 Å². The summed E-state index contributed by atoms with van der Waals surface area (Å²) in [7, 11) is 0. The van der Waals surface area contributed by atoms with E-state index in [1.165, 1.54) is 11.1 Å². The molecule has 1 aromatic carbocycles. The van der Waals surface area contributed by atoms with Gasteiger partial charge in [-0.3, -0.25) is 0 Å². The van der Waals surface area contributed by atoms with Crippen molar-refractivity contribution in [2.24, 2.45) is 5.92 Å². The SMILES string of the molecule is Nc1ccc2c(n1)CC[C@H]([C@H]1c3ccccc3-c3cncn31)[C@@H]2O. The van der Waals surface area contributed by atoms with Crippen molar-refractivity contribution < 1.29 is 5.11 Å². The van der Waals surface area contributed by atoms with Gasteiger partial charge < -0.3 is 15.4 Å². The van der Waals surface area contributed by atoms with Crippen molar-refractivity contribution in [3.8, 4) is 11.3 Å². The van der Waals surface area contributed by atoms with Gasteiger partial charge in [0.1, 0.15) is 5.82 Å². The average molecular weight is 318 g/mol. The van der Waals surface area contributed by atoms with Gasteiger partial charge in [0.2, 0.25) is 0 Å². The number of hydrogen-bond donors (Lipinski definition) is 2. The first-order valence-corrected chi connectivity index (χ1v) is 8.28. The molecule has 0 spiro atoms. The van der Waals surface area contributed by atoms with E-state index < -0.39 is 6.10 Å². The zero-order valence-electron chi connectivity index (χ0n) is 13.1. The molecule has 1 aliphatic heterocycles. The Morgan fingerprint density at radius 1 is 1.12 bits per heavy atom. The maximum Gasteiger partial charge on any atom is 0.123 e. The highest BCUT2D eigenvalue weighted by molar-refractivity contribution is 5.69. The number of anilines is 1. The summed E-state index contributed by atoms with van der Waals surface area (Å²) in [5, 5.41) is 11.0. The monoisotopic (exact) mass is 318 g/mol. The predicted octanol–water partition coefficient (Wildman–Crippen LogP) is 2.73. The lowest BCUT2D eigenvalue weighted by Gasteiger charge is -2.34. The molecule has 1 aliphatic carbocycles. The van der Waals surface area contributed by atoms with E-state index in [0.29, 0.717) is 5.82 Å². The fourth-order valence-electron chi connectivity index (χ4n) is 4.33. The van der Waals surface area contributed by atoms with Crippen LogP contribution in [0.1, 0.15) is 35.4 Å². The second kappa shape index (κ2) is 4.92. The number of nitrogen functional groups attached to an aromatic ring is 1. The van der Waals surface area contributed by atoms with Crippen molar-refractivity contribution in [2.75, 3.05) is 5.73 Å². The molecule has 0 unspecified atom stereocenters. The second-order valence-electron chi connectivity index (χ2n) is 6.64. The van der Waals surface area contributed by atoms with Gasteiger partial charge in [-0.2, -0.15) is 0 Å². The molecule has 5 heteroatoms. The summed E-state index contributed by atoms with van der Waals surface area (Å²) >= 11 is 0. The van der Waals surface area contributed by atoms with Crippen LogP contribution in [0.3, 0.4) is 0 Å². The van der Waals surface area contributed by atoms with Gasteiger partial charge in [0.05, 0.1) is 30.4 Å². The number of aliphatic hydroxyl groups is 1. The molecule has 24 heavy (non-hydrogen) atoms. The van der Waals surface area contributed by atoms with Crippen LogP contribution in [-0.4, -0.2) is 19.6 Å². The molecule has 0 fully saturated rings. The van der Waals surface area contributed by atoms with E-state index >= 15 is 0 Å². The number of rotatable bonds is 1. The number of pyridine rings is 1. The van der Waals surface area contributed by atoms with E-state index in [0.717, 1.165) is 29.8 Å². The summed E-state index contributed by atoms with van der Waals surface area (Å²) in [4.78, 5) is 8.72. The van der Waals surface area contributed by atoms with Crippen LogP contribution in [0.5, 0.6) is 0 Å². The molecule has 2 aromatic heterocycles. The number of nitrogens with two attached hydrogens (primary N) is 1. The van der Waals surface area contributed by atoms with Gasteiger partial charge in [0, 0.05) is 22.7 Å². The lowest BCUT2D eigenvalue weighted by atomic mass is 9.77. The van der Waals surface area contributed by atoms with Gasteiger partial charge in [-0.1, -0.05) is 30.3 Å². The van der Waals surface area contributed by atoms with Gasteiger partial charge >= 0.3 is 0 Å². The summed E-state index contributed by atoms with van der Waals surface area (Å²) in [6.07, 6.45) is 4.95. The highest BCUT2D eigenvalue weighted by Gasteiger charge is 2.40. The van der Waals surface area contributed by atoms with Crippen LogP contribution in [-0.2, 0) is 6.42 Å². The van der Waals surface area contributed by atoms with Gasteiger partial charge in [0.15, 0.2) is 0 Å². The zero-order chi connectivity index (χ0) is 16.3. The van der Waals surface area contributed by atoms with E-state index in [1.54, 1.807) is 6.07 Å². The van der Waals surface area contributed by atoms with Crippen LogP contribution in [0.2, 0.25) is 0 Å². The first-order chi connectivity index (χ1) is 11.7. The lowest BCUT2D eigenvalue weighted by molar-refractivity contribution is 0.0711. The van der Waals surface area contributed by atoms with Crippen LogP contribution in [0.25, 0.3) is 11.3 Å². The van der Waals surface area contributed by atoms with Crippen LogP contribution in [0, 0.1) is 5.92 Å². The first kappa shape index (κ1) is 13.7. The van der Waals surface area contributed by atoms with E-state index in [1.807, 2.05) is 18.6 Å². The predicted molar refractivity (Wildman–Crippen MR) is 91.2 cm³/mol. The average Bonchev–Trinajstić information content (AvgIpc) is 3.16. The standard InChI is InChI=1S/C19H18N4O/c20-17-8-6-13-15(22-17)7-5-14(19(13)24)18-12-4-2-1-3-11(12)16-9-21-10-23(16)18/h1-4,6,8-10,14,18-19,24H,5,7H2,(H2,20,22)/t14-,18-,19-/m1/s1. The zero-order valence-corrected chi connectivity index (χ0v) is 13.1. The smallest absolute Gasteiger partial charge is 0.123 e. The molecule has 3 aromatic rings. The third kappa shape index (κ3) is 1.79. The summed E-state index contributed by atoms with van der Waals surface area (Å²) in [5.41, 5.74) is 11.2. The summed E-state index contributed by atoms with van der Waals surface area (Å²) < 4.78 is 2.20. The molecular formula is C19H18N4O. The summed E-state index contributed by atoms with van der Waals surface area (Å²) in [6, 6.07) is 12.2. The minimum absolute atomic E-state index is 0.0968. The van der Waals surface area contributed by atoms with Crippen molar-refractivity contribution in [3.63, 3.8) is 0 Å². The third-order valence-electron chi connectivity index (χ3n) is 5.40. The Labute approximate surface area is 139 Å². The Morgan fingerprint density at radius 2 is 2.00 bits per heavy atom. The Hall–Kier alpha value is -2.66. The van der Waals surface area contributed by atoms with Crippen LogP contribution >= 0.6 is 0 Å². The number of aromatic nitrogens is 3. The van der Waals surface area contributed by atoms with Crippen molar-refractivity contribution in [3.05, 3.63) is 65.7 Å². The largest absolute Gasteiger partial charge is 0.388 e. The minimum atomic E-state index is -0.548. The molecular weight excluding hydrogens is 300 g/mol. The number of fused-ring (bicyclic) bond motifs is 4. The summed E-state index contributed by atoms with van der Waals surface area (Å²) in [6.45, 7) is 0. The molecule has 0 saturated heterocycles. The molecule has 5 rings (SSSR count). The molecule has 3 heterocycles. The van der Waals surface area contributed by atoms with Gasteiger partial charge in [-0.05, 0) is 24.5 Å². The van der Waals surface area contributed by atoms with Gasteiger partial charge in [-0.15, -0.1) is 0 Å². The Kier molecular flexibility index (Phi) is 2.82. The fourth-order valence-corrected chi connectivity index (χ4v) is 4.33. The third-order valence-corrected chi connectivity index (χ3v) is 5.40. The van der Waals surface area contributed by atoms with Gasteiger partial charge in [-0.25, -0.2) is 9.97 Å². The minimum Gasteiger partial charge on any atom is -0.388 e. The van der Waals surface area contributed by atoms with Crippen molar-refractivity contribution in [1.82, 2.24) is 14.5 Å². The number of aliphatic hydroxyl groups excluding tert-OH is 1. The Morgan fingerprint density at radius 3 is 2.92 bits per heavy atom. The maximum absolute atomic E-state index is 11.0. The molecule has 5 nitrogen and oxygen atoms in total. The topological polar surface area (TPSA) is 77.0 Å². The molecule has 3 N–H and O–H groups in total. The number of benzene rings is 1. The van der Waals surface area contributed by atoms with Crippen molar-refractivity contribution >= 4 is 5.82 Å². The van der Waals surface area contributed by atoms with E-state index in [4.69, 9.17) is 5.73 Å². The van der Waals surface area contributed by atoms with Crippen LogP contribution in [0.15, 0.2) is 48.9 Å². The normalized spacial score (nSPS) is 24.3. The second-order valence-corrected chi connectivity index (χ2v) is 6.64. The van der Waals surface area contributed by atoms with E-state index in [2.05, 4.69) is 38.8 Å². The molecule has 0 saturated carbocycles. The quantitative estimate of drug-likeness (QED) is 0.723. The van der Waals surface area contributed by atoms with Crippen LogP contribution < -0.4 is 5.73 Å². The Balaban J connectivity index is 1.62. The van der Waals surface area contributed by atoms with E-state index in [-0.39, 0.29) is 12.0 Å². The molecule has 3 atom stereocenters.